The van der Waals surface area contributed by atoms with Gasteiger partial charge >= 0.3 is 7.12 Å². The van der Waals surface area contributed by atoms with Crippen molar-refractivity contribution in [1.82, 2.24) is 10.3 Å². The maximum absolute atomic E-state index is 11.8. The largest absolute Gasteiger partial charge is 0.496 e. The van der Waals surface area contributed by atoms with E-state index >= 15 is 0 Å². The monoisotopic (exact) mass is 276 g/mol. The zero-order valence-electron chi connectivity index (χ0n) is 12.7. The topological polar surface area (TPSA) is 60.5 Å². The minimum Gasteiger partial charge on any atom is -0.399 e. The number of carbonyl (C=O) groups is 1. The zero-order chi connectivity index (χ0) is 15.0. The van der Waals surface area contributed by atoms with Crippen LogP contribution in [0.15, 0.2) is 18.5 Å². The molecule has 0 unspecified atom stereocenters. The van der Waals surface area contributed by atoms with E-state index in [0.29, 0.717) is 12.1 Å². The molecule has 1 amide bonds. The average Bonchev–Trinajstić information content (AvgIpc) is 2.59. The lowest BCUT2D eigenvalue weighted by molar-refractivity contribution is 0.00578. The van der Waals surface area contributed by atoms with E-state index in [1.165, 1.54) is 0 Å². The Morgan fingerprint density at radius 1 is 1.25 bits per heavy atom. The minimum atomic E-state index is -0.498. The van der Waals surface area contributed by atoms with Crippen molar-refractivity contribution in [2.45, 2.75) is 45.8 Å². The predicted molar refractivity (Wildman–Crippen MR) is 78.0 cm³/mol. The van der Waals surface area contributed by atoms with Gasteiger partial charge in [-0.1, -0.05) is 0 Å². The Balaban J connectivity index is 2.23. The smallest absolute Gasteiger partial charge is 0.399 e. The SMILES string of the molecule is CCNC(=O)c1cncc(B2OC(C)(C)C(C)(C)O2)c1. The number of pyridine rings is 1. The van der Waals surface area contributed by atoms with Gasteiger partial charge in [0.15, 0.2) is 0 Å². The van der Waals surface area contributed by atoms with E-state index in [1.54, 1.807) is 18.5 Å². The summed E-state index contributed by atoms with van der Waals surface area (Å²) in [6, 6.07) is 1.76. The van der Waals surface area contributed by atoms with Gasteiger partial charge in [-0.15, -0.1) is 0 Å². The Hall–Kier alpha value is -1.40. The fourth-order valence-electron chi connectivity index (χ4n) is 1.95. The van der Waals surface area contributed by atoms with E-state index in [0.717, 1.165) is 5.46 Å². The second kappa shape index (κ2) is 5.18. The first kappa shape index (κ1) is 15.0. The van der Waals surface area contributed by atoms with Crippen molar-refractivity contribution in [1.29, 1.82) is 0 Å². The van der Waals surface area contributed by atoms with Crippen molar-refractivity contribution in [3.8, 4) is 0 Å². The van der Waals surface area contributed by atoms with Gasteiger partial charge < -0.3 is 14.6 Å². The minimum absolute atomic E-state index is 0.140. The van der Waals surface area contributed by atoms with Crippen LogP contribution in [-0.4, -0.2) is 35.8 Å². The number of carbonyl (C=O) groups excluding carboxylic acids is 1. The van der Waals surface area contributed by atoms with Gasteiger partial charge in [0.2, 0.25) is 0 Å². The second-order valence-electron chi connectivity index (χ2n) is 5.95. The Morgan fingerprint density at radius 2 is 1.85 bits per heavy atom. The lowest BCUT2D eigenvalue weighted by atomic mass is 9.80. The highest BCUT2D eigenvalue weighted by Gasteiger charge is 2.51. The van der Waals surface area contributed by atoms with E-state index in [2.05, 4.69) is 10.3 Å². The molecule has 6 heteroatoms. The molecule has 0 aromatic carbocycles. The van der Waals surface area contributed by atoms with E-state index < -0.39 is 18.3 Å². The highest BCUT2D eigenvalue weighted by molar-refractivity contribution is 6.62. The first-order valence-corrected chi connectivity index (χ1v) is 6.85. The van der Waals surface area contributed by atoms with Gasteiger partial charge in [-0.05, 0) is 40.7 Å². The van der Waals surface area contributed by atoms with Crippen LogP contribution in [0.5, 0.6) is 0 Å². The van der Waals surface area contributed by atoms with Gasteiger partial charge in [0.25, 0.3) is 5.91 Å². The molecule has 1 N–H and O–H groups in total. The normalized spacial score (nSPS) is 19.9. The number of hydrogen-bond donors (Lipinski definition) is 1. The van der Waals surface area contributed by atoms with Crippen molar-refractivity contribution < 1.29 is 14.1 Å². The molecule has 0 spiro atoms. The van der Waals surface area contributed by atoms with Crippen LogP contribution in [0.25, 0.3) is 0 Å². The molecule has 1 aromatic heterocycles. The molecule has 108 valence electrons. The lowest BCUT2D eigenvalue weighted by Crippen LogP contribution is -2.41. The molecule has 1 fully saturated rings. The highest BCUT2D eigenvalue weighted by atomic mass is 16.7. The number of rotatable bonds is 3. The molecule has 1 aromatic rings. The molecule has 0 radical (unpaired) electrons. The summed E-state index contributed by atoms with van der Waals surface area (Å²) in [6.45, 7) is 10.4. The second-order valence-corrected chi connectivity index (χ2v) is 5.95. The number of nitrogens with one attached hydrogen (secondary N) is 1. The standard InChI is InChI=1S/C14H21BN2O3/c1-6-17-12(18)10-7-11(9-16-8-10)15-19-13(2,3)14(4,5)20-15/h7-9H,6H2,1-5H3,(H,17,18). The highest BCUT2D eigenvalue weighted by Crippen LogP contribution is 2.36. The Bertz CT molecular complexity index is 501. The van der Waals surface area contributed by atoms with Crippen LogP contribution in [0.2, 0.25) is 0 Å². The Kier molecular flexibility index (Phi) is 3.89. The van der Waals surface area contributed by atoms with Gasteiger partial charge in [0, 0.05) is 24.4 Å². The number of amides is 1. The maximum atomic E-state index is 11.8. The van der Waals surface area contributed by atoms with Crippen molar-refractivity contribution in [2.24, 2.45) is 0 Å². The summed E-state index contributed by atoms with van der Waals surface area (Å²) in [6.07, 6.45) is 3.21. The fourth-order valence-corrected chi connectivity index (χ4v) is 1.95. The third-order valence-corrected chi connectivity index (χ3v) is 3.88. The molecule has 0 atom stereocenters. The molecule has 1 saturated heterocycles. The molecule has 2 rings (SSSR count). The van der Waals surface area contributed by atoms with Crippen LogP contribution in [0.1, 0.15) is 45.0 Å². The summed E-state index contributed by atoms with van der Waals surface area (Å²) in [7, 11) is -0.498. The average molecular weight is 276 g/mol. The van der Waals surface area contributed by atoms with Crippen LogP contribution in [0.3, 0.4) is 0 Å². The third kappa shape index (κ3) is 2.71. The predicted octanol–water partition coefficient (Wildman–Crippen LogP) is 1.13. The van der Waals surface area contributed by atoms with Gasteiger partial charge in [-0.25, -0.2) is 0 Å². The van der Waals surface area contributed by atoms with E-state index in [-0.39, 0.29) is 5.91 Å². The van der Waals surface area contributed by atoms with Gasteiger partial charge in [-0.3, -0.25) is 9.78 Å². The van der Waals surface area contributed by atoms with Crippen molar-refractivity contribution in [3.05, 3.63) is 24.0 Å². The lowest BCUT2D eigenvalue weighted by Gasteiger charge is -2.32. The molecule has 1 aliphatic rings. The number of nitrogens with zero attached hydrogens (tertiary/aromatic N) is 1. The summed E-state index contributed by atoms with van der Waals surface area (Å²) in [5, 5.41) is 2.75. The van der Waals surface area contributed by atoms with Gasteiger partial charge in [0.1, 0.15) is 0 Å². The van der Waals surface area contributed by atoms with Crippen molar-refractivity contribution >= 4 is 18.5 Å². The summed E-state index contributed by atoms with van der Waals surface area (Å²) in [4.78, 5) is 15.9. The molecule has 5 nitrogen and oxygen atoms in total. The molecule has 2 heterocycles. The first-order valence-electron chi connectivity index (χ1n) is 6.85. The molecule has 20 heavy (non-hydrogen) atoms. The third-order valence-electron chi connectivity index (χ3n) is 3.88. The van der Waals surface area contributed by atoms with E-state index in [4.69, 9.17) is 9.31 Å². The molecule has 1 aliphatic heterocycles. The molecular formula is C14H21BN2O3. The summed E-state index contributed by atoms with van der Waals surface area (Å²) in [5.41, 5.74) is 0.463. The summed E-state index contributed by atoms with van der Waals surface area (Å²) >= 11 is 0. The quantitative estimate of drug-likeness (QED) is 0.841. The van der Waals surface area contributed by atoms with Crippen LogP contribution in [0.4, 0.5) is 0 Å². The molecule has 0 bridgehead atoms. The maximum Gasteiger partial charge on any atom is 0.496 e. The first-order chi connectivity index (χ1) is 9.27. The summed E-state index contributed by atoms with van der Waals surface area (Å²) in [5.74, 6) is -0.140. The Morgan fingerprint density at radius 3 is 2.40 bits per heavy atom. The fraction of sp³-hybridized carbons (Fsp3) is 0.571. The van der Waals surface area contributed by atoms with Crippen LogP contribution in [0, 0.1) is 0 Å². The van der Waals surface area contributed by atoms with Gasteiger partial charge in [0.05, 0.1) is 16.8 Å². The van der Waals surface area contributed by atoms with E-state index in [9.17, 15) is 4.79 Å². The van der Waals surface area contributed by atoms with Crippen LogP contribution in [-0.2, 0) is 9.31 Å². The Labute approximate surface area is 120 Å². The van der Waals surface area contributed by atoms with E-state index in [1.807, 2.05) is 34.6 Å². The van der Waals surface area contributed by atoms with Gasteiger partial charge in [-0.2, -0.15) is 0 Å². The molecular weight excluding hydrogens is 255 g/mol. The van der Waals surface area contributed by atoms with Crippen LogP contribution >= 0.6 is 0 Å². The zero-order valence-corrected chi connectivity index (χ0v) is 12.7. The molecule has 0 saturated carbocycles. The van der Waals surface area contributed by atoms with Crippen molar-refractivity contribution in [3.63, 3.8) is 0 Å². The number of aromatic nitrogens is 1. The van der Waals surface area contributed by atoms with Crippen LogP contribution < -0.4 is 10.8 Å². The summed E-state index contributed by atoms with van der Waals surface area (Å²) < 4.78 is 11.9. The number of hydrogen-bond acceptors (Lipinski definition) is 4. The molecule has 0 aliphatic carbocycles. The van der Waals surface area contributed by atoms with Crippen molar-refractivity contribution in [2.75, 3.05) is 6.54 Å².